The summed E-state index contributed by atoms with van der Waals surface area (Å²) in [6.45, 7) is 1.14. The van der Waals surface area contributed by atoms with Gasteiger partial charge in [-0.2, -0.15) is 5.26 Å². The molecule has 2 fully saturated rings. The Balaban J connectivity index is 1.68. The van der Waals surface area contributed by atoms with Crippen LogP contribution in [-0.4, -0.2) is 47.4 Å². The number of primary amides is 1. The number of benzene rings is 1. The molecule has 2 aliphatic rings. The molecule has 5 N–H and O–H groups in total. The number of nitriles is 1. The summed E-state index contributed by atoms with van der Waals surface area (Å²) in [7, 11) is 0. The maximum absolute atomic E-state index is 15.4. The lowest BCUT2D eigenvalue weighted by atomic mass is 9.83. The lowest BCUT2D eigenvalue weighted by Crippen LogP contribution is -2.60. The molecule has 1 heterocycles. The first-order valence-corrected chi connectivity index (χ1v) is 10.7. The molecule has 33 heavy (non-hydrogen) atoms. The molecule has 2 atom stereocenters. The average Bonchev–Trinajstić information content (AvgIpc) is 3.62. The van der Waals surface area contributed by atoms with Crippen molar-refractivity contribution in [2.75, 3.05) is 13.1 Å². The van der Waals surface area contributed by atoms with Gasteiger partial charge in [-0.3, -0.25) is 19.9 Å². The molecule has 1 saturated carbocycles. The van der Waals surface area contributed by atoms with Crippen LogP contribution in [0.2, 0.25) is 0 Å². The van der Waals surface area contributed by atoms with E-state index in [1.807, 2.05) is 35.2 Å². The zero-order valence-corrected chi connectivity index (χ0v) is 18.2. The fraction of sp³-hybridized carbons (Fsp3) is 0.417. The minimum Gasteiger partial charge on any atom is -0.381 e. The second-order valence-electron chi connectivity index (χ2n) is 8.49. The van der Waals surface area contributed by atoms with Crippen molar-refractivity contribution in [3.8, 4) is 18.4 Å². The maximum Gasteiger partial charge on any atom is 0.253 e. The van der Waals surface area contributed by atoms with Crippen molar-refractivity contribution in [2.45, 2.75) is 43.9 Å². The van der Waals surface area contributed by atoms with Crippen LogP contribution in [0.3, 0.4) is 0 Å². The third kappa shape index (κ3) is 5.97. The van der Waals surface area contributed by atoms with E-state index in [2.05, 4.69) is 16.6 Å². The Bertz CT molecular complexity index is 1030. The van der Waals surface area contributed by atoms with Gasteiger partial charge in [0.1, 0.15) is 12.0 Å². The highest BCUT2D eigenvalue weighted by molar-refractivity contribution is 6.22. The molecule has 0 aromatic heterocycles. The highest BCUT2D eigenvalue weighted by atomic mass is 19.1. The molecular formula is C24H27FN6O2. The van der Waals surface area contributed by atoms with E-state index in [1.54, 1.807) is 0 Å². The van der Waals surface area contributed by atoms with Gasteiger partial charge in [0, 0.05) is 37.3 Å². The van der Waals surface area contributed by atoms with Gasteiger partial charge in [0.15, 0.2) is 0 Å². The molecule has 1 aromatic rings. The topological polar surface area (TPSA) is 135 Å². The Morgan fingerprint density at radius 3 is 2.61 bits per heavy atom. The van der Waals surface area contributed by atoms with Crippen LogP contribution in [-0.2, 0) is 16.1 Å². The van der Waals surface area contributed by atoms with Crippen molar-refractivity contribution < 1.29 is 14.0 Å². The van der Waals surface area contributed by atoms with Crippen molar-refractivity contribution in [1.29, 1.82) is 10.7 Å². The number of likely N-dealkylation sites (tertiary alicyclic amines) is 1. The molecule has 2 amide bonds. The van der Waals surface area contributed by atoms with Crippen molar-refractivity contribution in [2.24, 2.45) is 11.7 Å². The molecule has 0 bridgehead atoms. The highest BCUT2D eigenvalue weighted by Crippen LogP contribution is 2.30. The van der Waals surface area contributed by atoms with Gasteiger partial charge in [0.25, 0.3) is 5.91 Å². The van der Waals surface area contributed by atoms with Gasteiger partial charge in [-0.15, -0.1) is 6.42 Å². The monoisotopic (exact) mass is 450 g/mol. The second kappa shape index (κ2) is 10.3. The molecule has 1 aliphatic heterocycles. The second-order valence-corrected chi connectivity index (χ2v) is 8.49. The zero-order chi connectivity index (χ0) is 24.0. The summed E-state index contributed by atoms with van der Waals surface area (Å²) in [5.41, 5.74) is 5.64. The summed E-state index contributed by atoms with van der Waals surface area (Å²) < 4.78 is 15.4. The molecule has 1 saturated heterocycles. The third-order valence-corrected chi connectivity index (χ3v) is 6.05. The Kier molecular flexibility index (Phi) is 7.47. The summed E-state index contributed by atoms with van der Waals surface area (Å²) in [4.78, 5) is 25.7. The maximum atomic E-state index is 15.4. The first-order valence-electron chi connectivity index (χ1n) is 10.7. The molecule has 9 heteroatoms. The number of alkyl halides is 1. The van der Waals surface area contributed by atoms with Gasteiger partial charge in [-0.1, -0.05) is 18.1 Å². The Morgan fingerprint density at radius 1 is 1.36 bits per heavy atom. The van der Waals surface area contributed by atoms with E-state index in [4.69, 9.17) is 17.6 Å². The molecule has 3 rings (SSSR count). The number of amides is 2. The number of nitrogens with one attached hydrogen (secondary N) is 3. The van der Waals surface area contributed by atoms with Crippen molar-refractivity contribution in [3.63, 3.8) is 0 Å². The number of carbonyl (C=O) groups is 2. The van der Waals surface area contributed by atoms with Crippen molar-refractivity contribution >= 4 is 17.6 Å². The summed E-state index contributed by atoms with van der Waals surface area (Å²) in [6, 6.07) is 9.49. The SMILES string of the molecule is C#Cc1ccc(CN2CCC(CC#N)(N/C=C(\C(=N)NC(=O)C3CC3)C(N)=O)C(F)C2)cc1. The number of hydrogen-bond donors (Lipinski definition) is 4. The highest BCUT2D eigenvalue weighted by Gasteiger charge is 2.43. The average molecular weight is 451 g/mol. The Hall–Kier alpha value is -3.69. The van der Waals surface area contributed by atoms with E-state index >= 15 is 4.39 Å². The van der Waals surface area contributed by atoms with Crippen LogP contribution in [0, 0.1) is 35.0 Å². The molecule has 0 spiro atoms. The first kappa shape index (κ1) is 24.0. The van der Waals surface area contributed by atoms with Crippen molar-refractivity contribution in [1.82, 2.24) is 15.5 Å². The van der Waals surface area contributed by atoms with Crippen molar-refractivity contribution in [3.05, 3.63) is 47.2 Å². The molecule has 8 nitrogen and oxygen atoms in total. The lowest BCUT2D eigenvalue weighted by Gasteiger charge is -2.43. The molecule has 1 aromatic carbocycles. The van der Waals surface area contributed by atoms with Crippen LogP contribution in [0.5, 0.6) is 0 Å². The fourth-order valence-electron chi connectivity index (χ4n) is 3.79. The number of amidine groups is 1. The van der Waals surface area contributed by atoms with E-state index in [9.17, 15) is 14.9 Å². The van der Waals surface area contributed by atoms with E-state index in [1.165, 1.54) is 0 Å². The van der Waals surface area contributed by atoms with E-state index in [0.29, 0.717) is 19.5 Å². The first-order chi connectivity index (χ1) is 15.8. The van der Waals surface area contributed by atoms with Gasteiger partial charge in [0.05, 0.1) is 23.6 Å². The molecule has 172 valence electrons. The summed E-state index contributed by atoms with van der Waals surface area (Å²) in [5, 5.41) is 22.6. The Morgan fingerprint density at radius 2 is 2.06 bits per heavy atom. The van der Waals surface area contributed by atoms with Gasteiger partial charge < -0.3 is 16.4 Å². The van der Waals surface area contributed by atoms with Gasteiger partial charge in [0.2, 0.25) is 5.91 Å². The fourth-order valence-corrected chi connectivity index (χ4v) is 3.79. The smallest absolute Gasteiger partial charge is 0.253 e. The number of nitrogens with zero attached hydrogens (tertiary/aromatic N) is 2. The number of nitrogens with two attached hydrogens (primary N) is 1. The number of terminal acetylenes is 1. The minimum atomic E-state index is -1.42. The van der Waals surface area contributed by atoms with Gasteiger partial charge in [-0.25, -0.2) is 4.39 Å². The lowest BCUT2D eigenvalue weighted by molar-refractivity contribution is -0.120. The zero-order valence-electron chi connectivity index (χ0n) is 18.2. The third-order valence-electron chi connectivity index (χ3n) is 6.05. The standard InChI is InChI=1S/C24H27FN6O2/c1-2-16-3-5-17(6-4-16)14-31-12-10-24(9-11-26,20(25)15-31)29-13-19(22(28)32)21(27)30-23(33)18-7-8-18/h1,3-6,13,18,20,29H,7-10,12,14-15H2,(H2,28,32)(H2,27,30,33)/b19-13+. The molecule has 0 radical (unpaired) electrons. The van der Waals surface area contributed by atoms with Gasteiger partial charge in [-0.05, 0) is 37.0 Å². The summed E-state index contributed by atoms with van der Waals surface area (Å²) in [5.74, 6) is 0.690. The molecule has 1 aliphatic carbocycles. The van der Waals surface area contributed by atoms with E-state index in [-0.39, 0.29) is 30.4 Å². The molecule has 2 unspecified atom stereocenters. The number of rotatable bonds is 8. The predicted octanol–water partition coefficient (Wildman–Crippen LogP) is 1.33. The summed E-state index contributed by atoms with van der Waals surface area (Å²) in [6.07, 6.45) is 6.75. The van der Waals surface area contributed by atoms with Gasteiger partial charge >= 0.3 is 0 Å². The summed E-state index contributed by atoms with van der Waals surface area (Å²) >= 11 is 0. The van der Waals surface area contributed by atoms with Crippen LogP contribution in [0.4, 0.5) is 4.39 Å². The van der Waals surface area contributed by atoms with E-state index in [0.717, 1.165) is 30.2 Å². The largest absolute Gasteiger partial charge is 0.381 e. The molecular weight excluding hydrogens is 423 g/mol. The predicted molar refractivity (Wildman–Crippen MR) is 121 cm³/mol. The minimum absolute atomic E-state index is 0.0845. The van der Waals surface area contributed by atoms with Crippen LogP contribution in [0.1, 0.15) is 36.8 Å². The number of halogens is 1. The van der Waals surface area contributed by atoms with Crippen LogP contribution in [0.25, 0.3) is 0 Å². The van der Waals surface area contributed by atoms with Crippen LogP contribution >= 0.6 is 0 Å². The number of hydrogen-bond acceptors (Lipinski definition) is 6. The number of carbonyl (C=O) groups excluding carboxylic acids is 2. The Labute approximate surface area is 192 Å². The van der Waals surface area contributed by atoms with Crippen LogP contribution < -0.4 is 16.4 Å². The quantitative estimate of drug-likeness (QED) is 0.205. The normalized spacial score (nSPS) is 23.1. The van der Waals surface area contributed by atoms with Crippen LogP contribution in [0.15, 0.2) is 36.0 Å². The number of piperidine rings is 1. The van der Waals surface area contributed by atoms with E-state index < -0.39 is 23.5 Å².